The molecule has 5 nitrogen and oxygen atoms in total. The molecule has 0 spiro atoms. The fraction of sp³-hybridized carbons (Fsp3) is 0.571. The summed E-state index contributed by atoms with van der Waals surface area (Å²) in [6, 6.07) is 3.67. The Hall–Kier alpha value is -1.02. The van der Waals surface area contributed by atoms with Crippen LogP contribution in [0.1, 0.15) is 31.7 Å². The molecule has 0 bridgehead atoms. The molecule has 1 fully saturated rings. The van der Waals surface area contributed by atoms with E-state index in [-0.39, 0.29) is 23.5 Å². The zero-order valence-corrected chi connectivity index (χ0v) is 12.9. The summed E-state index contributed by atoms with van der Waals surface area (Å²) in [6.07, 6.45) is 1.55. The first-order valence-corrected chi connectivity index (χ1v) is 8.41. The van der Waals surface area contributed by atoms with Crippen molar-refractivity contribution in [2.45, 2.75) is 43.2 Å². The van der Waals surface area contributed by atoms with E-state index in [1.165, 1.54) is 16.4 Å². The van der Waals surface area contributed by atoms with Crippen molar-refractivity contribution < 1.29 is 17.9 Å². The number of halogens is 1. The SMILES string of the molecule is CC1(O)CCCN(S(=O)(=O)c2ccc(F)c(CN)c2)CC1. The number of benzene rings is 1. The van der Waals surface area contributed by atoms with Gasteiger partial charge in [0.15, 0.2) is 0 Å². The molecule has 3 N–H and O–H groups in total. The highest BCUT2D eigenvalue weighted by molar-refractivity contribution is 7.89. The Kier molecular flexibility index (Phi) is 4.67. The Morgan fingerprint density at radius 2 is 2.10 bits per heavy atom. The van der Waals surface area contributed by atoms with Gasteiger partial charge in [-0.2, -0.15) is 4.31 Å². The molecule has 0 aromatic heterocycles. The van der Waals surface area contributed by atoms with Crippen LogP contribution in [0.3, 0.4) is 0 Å². The number of rotatable bonds is 3. The van der Waals surface area contributed by atoms with Crippen LogP contribution in [0.25, 0.3) is 0 Å². The molecule has 1 unspecified atom stereocenters. The van der Waals surface area contributed by atoms with Crippen molar-refractivity contribution in [2.24, 2.45) is 5.73 Å². The number of hydrogen-bond donors (Lipinski definition) is 2. The van der Waals surface area contributed by atoms with Gasteiger partial charge < -0.3 is 10.8 Å². The lowest BCUT2D eigenvalue weighted by atomic mass is 9.98. The van der Waals surface area contributed by atoms with Gasteiger partial charge in [-0.25, -0.2) is 12.8 Å². The van der Waals surface area contributed by atoms with Crippen LogP contribution in [0.4, 0.5) is 4.39 Å². The lowest BCUT2D eigenvalue weighted by Crippen LogP contribution is -2.33. The number of nitrogens with zero attached hydrogens (tertiary/aromatic N) is 1. The molecule has 7 heteroatoms. The van der Waals surface area contributed by atoms with Gasteiger partial charge in [-0.15, -0.1) is 0 Å². The van der Waals surface area contributed by atoms with Gasteiger partial charge >= 0.3 is 0 Å². The summed E-state index contributed by atoms with van der Waals surface area (Å²) < 4.78 is 40.0. The van der Waals surface area contributed by atoms with E-state index in [9.17, 15) is 17.9 Å². The second kappa shape index (κ2) is 6.00. The molecular formula is C14H21FN2O3S. The van der Waals surface area contributed by atoms with Gasteiger partial charge in [0.05, 0.1) is 10.5 Å². The van der Waals surface area contributed by atoms with E-state index in [1.54, 1.807) is 6.92 Å². The van der Waals surface area contributed by atoms with E-state index < -0.39 is 21.4 Å². The average Bonchev–Trinajstić information content (AvgIpc) is 2.60. The van der Waals surface area contributed by atoms with Gasteiger partial charge in [0.1, 0.15) is 5.82 Å². The van der Waals surface area contributed by atoms with Gasteiger partial charge in [0.2, 0.25) is 10.0 Å². The monoisotopic (exact) mass is 316 g/mol. The lowest BCUT2D eigenvalue weighted by Gasteiger charge is -2.22. The van der Waals surface area contributed by atoms with Crippen molar-refractivity contribution in [1.82, 2.24) is 4.31 Å². The fourth-order valence-electron chi connectivity index (χ4n) is 2.50. The molecule has 1 aliphatic rings. The molecule has 1 atom stereocenters. The van der Waals surface area contributed by atoms with Gasteiger partial charge in [0, 0.05) is 25.2 Å². The molecule has 2 rings (SSSR count). The van der Waals surface area contributed by atoms with Crippen LogP contribution in [0.5, 0.6) is 0 Å². The lowest BCUT2D eigenvalue weighted by molar-refractivity contribution is 0.0465. The Labute approximate surface area is 124 Å². The molecule has 1 heterocycles. The molecule has 118 valence electrons. The minimum atomic E-state index is -3.68. The first-order chi connectivity index (χ1) is 9.76. The predicted octanol–water partition coefficient (Wildman–Crippen LogP) is 1.21. The van der Waals surface area contributed by atoms with Crippen LogP contribution in [0.2, 0.25) is 0 Å². The maximum atomic E-state index is 13.4. The van der Waals surface area contributed by atoms with Crippen molar-refractivity contribution in [3.8, 4) is 0 Å². The minimum absolute atomic E-state index is 0.0471. The van der Waals surface area contributed by atoms with Crippen molar-refractivity contribution in [2.75, 3.05) is 13.1 Å². The zero-order valence-electron chi connectivity index (χ0n) is 12.0. The standard InChI is InChI=1S/C14H21FN2O3S/c1-14(18)5-2-7-17(8-6-14)21(19,20)12-3-4-13(15)11(9-12)10-16/h3-4,9,18H,2,5-8,10,16H2,1H3. The largest absolute Gasteiger partial charge is 0.390 e. The average molecular weight is 316 g/mol. The minimum Gasteiger partial charge on any atom is -0.390 e. The second-order valence-electron chi connectivity index (χ2n) is 5.71. The van der Waals surface area contributed by atoms with Crippen molar-refractivity contribution >= 4 is 10.0 Å². The molecule has 0 radical (unpaired) electrons. The molecule has 0 saturated carbocycles. The Morgan fingerprint density at radius 1 is 1.38 bits per heavy atom. The van der Waals surface area contributed by atoms with E-state index in [0.29, 0.717) is 25.8 Å². The van der Waals surface area contributed by atoms with Crippen molar-refractivity contribution in [3.05, 3.63) is 29.6 Å². The highest BCUT2D eigenvalue weighted by Crippen LogP contribution is 2.26. The Morgan fingerprint density at radius 3 is 2.76 bits per heavy atom. The van der Waals surface area contributed by atoms with Crippen LogP contribution in [0, 0.1) is 5.82 Å². The van der Waals surface area contributed by atoms with E-state index in [2.05, 4.69) is 0 Å². The zero-order chi connectivity index (χ0) is 15.7. The quantitative estimate of drug-likeness (QED) is 0.878. The predicted molar refractivity (Wildman–Crippen MR) is 77.5 cm³/mol. The van der Waals surface area contributed by atoms with Crippen LogP contribution in [-0.2, 0) is 16.6 Å². The number of nitrogens with two attached hydrogens (primary N) is 1. The maximum absolute atomic E-state index is 13.4. The number of aliphatic hydroxyl groups is 1. The van der Waals surface area contributed by atoms with E-state index in [4.69, 9.17) is 5.73 Å². The Balaban J connectivity index is 2.29. The van der Waals surface area contributed by atoms with Crippen LogP contribution >= 0.6 is 0 Å². The summed E-state index contributed by atoms with van der Waals surface area (Å²) >= 11 is 0. The summed E-state index contributed by atoms with van der Waals surface area (Å²) in [5.74, 6) is -0.504. The molecule has 21 heavy (non-hydrogen) atoms. The third kappa shape index (κ3) is 3.60. The van der Waals surface area contributed by atoms with Gasteiger partial charge in [0.25, 0.3) is 0 Å². The second-order valence-corrected chi connectivity index (χ2v) is 7.65. The molecule has 1 aromatic rings. The smallest absolute Gasteiger partial charge is 0.243 e. The van der Waals surface area contributed by atoms with Crippen molar-refractivity contribution in [3.63, 3.8) is 0 Å². The van der Waals surface area contributed by atoms with Crippen LogP contribution in [0.15, 0.2) is 23.1 Å². The molecular weight excluding hydrogens is 295 g/mol. The topological polar surface area (TPSA) is 83.6 Å². The summed E-state index contributed by atoms with van der Waals surface area (Å²) in [7, 11) is -3.68. The Bertz CT molecular complexity index is 617. The number of hydrogen-bond acceptors (Lipinski definition) is 4. The highest BCUT2D eigenvalue weighted by Gasteiger charge is 2.31. The van der Waals surface area contributed by atoms with Gasteiger partial charge in [-0.05, 0) is 44.4 Å². The summed E-state index contributed by atoms with van der Waals surface area (Å²) in [5.41, 5.74) is 4.76. The molecule has 1 aromatic carbocycles. The summed E-state index contributed by atoms with van der Waals surface area (Å²) in [5, 5.41) is 10.0. The first-order valence-electron chi connectivity index (χ1n) is 6.97. The molecule has 1 saturated heterocycles. The van der Waals surface area contributed by atoms with E-state index in [1.807, 2.05) is 0 Å². The van der Waals surface area contributed by atoms with Crippen LogP contribution in [-0.4, -0.2) is 36.5 Å². The highest BCUT2D eigenvalue weighted by atomic mass is 32.2. The van der Waals surface area contributed by atoms with E-state index in [0.717, 1.165) is 6.07 Å². The normalized spacial score (nSPS) is 24.8. The summed E-state index contributed by atoms with van der Waals surface area (Å²) in [4.78, 5) is 0.0471. The fourth-order valence-corrected chi connectivity index (χ4v) is 4.03. The summed E-state index contributed by atoms with van der Waals surface area (Å²) in [6.45, 7) is 2.27. The third-order valence-corrected chi connectivity index (χ3v) is 5.79. The first kappa shape index (κ1) is 16.4. The molecule has 1 aliphatic heterocycles. The molecule has 0 amide bonds. The molecule has 0 aliphatic carbocycles. The van der Waals surface area contributed by atoms with Gasteiger partial charge in [-0.3, -0.25) is 0 Å². The van der Waals surface area contributed by atoms with E-state index >= 15 is 0 Å². The van der Waals surface area contributed by atoms with Crippen molar-refractivity contribution in [1.29, 1.82) is 0 Å². The maximum Gasteiger partial charge on any atom is 0.243 e. The van der Waals surface area contributed by atoms with Gasteiger partial charge in [-0.1, -0.05) is 0 Å². The third-order valence-electron chi connectivity index (χ3n) is 3.90. The number of sulfonamides is 1. The van der Waals surface area contributed by atoms with Crippen LogP contribution < -0.4 is 5.73 Å².